The molecule has 1 heterocycles. The lowest BCUT2D eigenvalue weighted by Gasteiger charge is -2.09. The Morgan fingerprint density at radius 2 is 1.62 bits per heavy atom. The molecule has 0 aliphatic carbocycles. The van der Waals surface area contributed by atoms with Crippen LogP contribution < -0.4 is 14.8 Å². The number of rotatable bonds is 8. The van der Waals surface area contributed by atoms with E-state index in [1.165, 1.54) is 30.3 Å². The van der Waals surface area contributed by atoms with Crippen LogP contribution in [0.25, 0.3) is 6.08 Å². The molecule has 0 bridgehead atoms. The van der Waals surface area contributed by atoms with Gasteiger partial charge in [-0.3, -0.25) is 4.79 Å². The molecule has 0 radical (unpaired) electrons. The highest BCUT2D eigenvalue weighted by molar-refractivity contribution is 7.92. The van der Waals surface area contributed by atoms with E-state index in [9.17, 15) is 13.2 Å². The van der Waals surface area contributed by atoms with E-state index in [0.717, 1.165) is 11.3 Å². The molecule has 0 atom stereocenters. The largest absolute Gasteiger partial charge is 0.494 e. The molecule has 166 valence electrons. The van der Waals surface area contributed by atoms with E-state index in [2.05, 4.69) is 20.0 Å². The zero-order chi connectivity index (χ0) is 23.1. The van der Waals surface area contributed by atoms with Crippen LogP contribution in [0.2, 0.25) is 0 Å². The highest BCUT2D eigenvalue weighted by Crippen LogP contribution is 2.17. The lowest BCUT2D eigenvalue weighted by molar-refractivity contribution is -0.111. The molecule has 0 aliphatic heterocycles. The van der Waals surface area contributed by atoms with Gasteiger partial charge in [0.25, 0.3) is 10.0 Å². The first-order chi connectivity index (χ1) is 15.2. The van der Waals surface area contributed by atoms with E-state index >= 15 is 0 Å². The molecule has 0 spiro atoms. The van der Waals surface area contributed by atoms with E-state index in [4.69, 9.17) is 4.74 Å². The van der Waals surface area contributed by atoms with Crippen LogP contribution in [0, 0.1) is 13.8 Å². The summed E-state index contributed by atoms with van der Waals surface area (Å²) in [5, 5.41) is 2.70. The van der Waals surface area contributed by atoms with Crippen LogP contribution >= 0.6 is 0 Å². The summed E-state index contributed by atoms with van der Waals surface area (Å²) in [4.78, 5) is 20.4. The first-order valence-electron chi connectivity index (χ1n) is 9.92. The first kappa shape index (κ1) is 23.0. The number of hydrogen-bond donors (Lipinski definition) is 2. The summed E-state index contributed by atoms with van der Waals surface area (Å²) in [6.45, 7) is 6.02. The molecule has 3 aromatic rings. The van der Waals surface area contributed by atoms with Gasteiger partial charge in [-0.2, -0.15) is 0 Å². The van der Waals surface area contributed by atoms with Gasteiger partial charge in [-0.15, -0.1) is 0 Å². The molecule has 1 amide bonds. The predicted octanol–water partition coefficient (Wildman–Crippen LogP) is 3.94. The van der Waals surface area contributed by atoms with Gasteiger partial charge in [0.15, 0.2) is 0 Å². The van der Waals surface area contributed by atoms with Gasteiger partial charge >= 0.3 is 0 Å². The predicted molar refractivity (Wildman–Crippen MR) is 124 cm³/mol. The van der Waals surface area contributed by atoms with Crippen LogP contribution in [0.5, 0.6) is 5.75 Å². The monoisotopic (exact) mass is 452 g/mol. The Morgan fingerprint density at radius 3 is 2.22 bits per heavy atom. The van der Waals surface area contributed by atoms with Crippen molar-refractivity contribution in [2.45, 2.75) is 25.7 Å². The smallest absolute Gasteiger partial charge is 0.264 e. The molecule has 3 rings (SSSR count). The SMILES string of the molecule is CCOc1ccc(/C=C/C(=O)Nc2ccc(S(=O)(=O)Nc3nc(C)cc(C)n3)cc2)cc1. The summed E-state index contributed by atoms with van der Waals surface area (Å²) in [6, 6.07) is 14.9. The Labute approximate surface area is 187 Å². The topological polar surface area (TPSA) is 110 Å². The summed E-state index contributed by atoms with van der Waals surface area (Å²) in [7, 11) is -3.86. The normalized spacial score (nSPS) is 11.3. The van der Waals surface area contributed by atoms with Crippen molar-refractivity contribution < 1.29 is 17.9 Å². The van der Waals surface area contributed by atoms with Crippen LogP contribution in [0.3, 0.4) is 0 Å². The van der Waals surface area contributed by atoms with Crippen LogP contribution in [0.15, 0.2) is 65.6 Å². The molecule has 9 heteroatoms. The second kappa shape index (κ2) is 10.1. The number of benzene rings is 2. The Hall–Kier alpha value is -3.72. The zero-order valence-electron chi connectivity index (χ0n) is 18.0. The van der Waals surface area contributed by atoms with Gasteiger partial charge in [-0.05, 0) is 74.9 Å². The van der Waals surface area contributed by atoms with Gasteiger partial charge < -0.3 is 10.1 Å². The minimum absolute atomic E-state index is 0.0132. The van der Waals surface area contributed by atoms with Crippen molar-refractivity contribution in [2.24, 2.45) is 0 Å². The Balaban J connectivity index is 1.62. The molecular formula is C23H24N4O4S. The first-order valence-corrected chi connectivity index (χ1v) is 11.4. The highest BCUT2D eigenvalue weighted by atomic mass is 32.2. The minimum Gasteiger partial charge on any atom is -0.494 e. The summed E-state index contributed by atoms with van der Waals surface area (Å²) in [5.74, 6) is 0.443. The Morgan fingerprint density at radius 1 is 1.00 bits per heavy atom. The number of aryl methyl sites for hydroxylation is 2. The molecule has 2 N–H and O–H groups in total. The number of amides is 1. The maximum Gasteiger partial charge on any atom is 0.264 e. The third-order valence-electron chi connectivity index (χ3n) is 4.26. The summed E-state index contributed by atoms with van der Waals surface area (Å²) in [5.41, 5.74) is 2.63. The second-order valence-electron chi connectivity index (χ2n) is 6.93. The summed E-state index contributed by atoms with van der Waals surface area (Å²) >= 11 is 0. The second-order valence-corrected chi connectivity index (χ2v) is 8.61. The van der Waals surface area contributed by atoms with Crippen LogP contribution in [-0.2, 0) is 14.8 Å². The lowest BCUT2D eigenvalue weighted by atomic mass is 10.2. The molecule has 2 aromatic carbocycles. The van der Waals surface area contributed by atoms with Crippen molar-refractivity contribution in [1.29, 1.82) is 0 Å². The third-order valence-corrected chi connectivity index (χ3v) is 5.60. The fourth-order valence-corrected chi connectivity index (χ4v) is 3.81. The Kier molecular flexibility index (Phi) is 7.21. The number of anilines is 2. The Bertz CT molecular complexity index is 1200. The van der Waals surface area contributed by atoms with Gasteiger partial charge in [0.1, 0.15) is 5.75 Å². The van der Waals surface area contributed by atoms with Crippen molar-refractivity contribution >= 4 is 33.6 Å². The van der Waals surface area contributed by atoms with Gasteiger partial charge in [0.05, 0.1) is 11.5 Å². The van der Waals surface area contributed by atoms with Crippen LogP contribution in [0.1, 0.15) is 23.9 Å². The standard InChI is InChI=1S/C23H24N4O4S/c1-4-31-20-10-5-18(6-11-20)7-14-22(28)26-19-8-12-21(13-9-19)32(29,30)27-23-24-16(2)15-17(3)25-23/h5-15H,4H2,1-3H3,(H,26,28)(H,24,25,27)/b14-7+. The van der Waals surface area contributed by atoms with E-state index in [0.29, 0.717) is 23.7 Å². The van der Waals surface area contributed by atoms with Gasteiger partial charge in [0, 0.05) is 23.2 Å². The van der Waals surface area contributed by atoms with Gasteiger partial charge in [0.2, 0.25) is 11.9 Å². The van der Waals surface area contributed by atoms with Crippen molar-refractivity contribution in [1.82, 2.24) is 9.97 Å². The van der Waals surface area contributed by atoms with Crippen molar-refractivity contribution in [3.63, 3.8) is 0 Å². The van der Waals surface area contributed by atoms with E-state index in [-0.39, 0.29) is 16.8 Å². The molecule has 0 fully saturated rings. The molecule has 0 unspecified atom stereocenters. The quantitative estimate of drug-likeness (QED) is 0.501. The zero-order valence-corrected chi connectivity index (χ0v) is 18.8. The number of carbonyl (C=O) groups is 1. The number of nitrogens with zero attached hydrogens (tertiary/aromatic N) is 2. The van der Waals surface area contributed by atoms with Crippen molar-refractivity contribution in [3.8, 4) is 5.75 Å². The van der Waals surface area contributed by atoms with Gasteiger partial charge in [-0.25, -0.2) is 23.1 Å². The average Bonchev–Trinajstić information content (AvgIpc) is 2.73. The molecule has 0 saturated carbocycles. The van der Waals surface area contributed by atoms with E-state index in [1.54, 1.807) is 26.0 Å². The number of sulfonamides is 1. The van der Waals surface area contributed by atoms with E-state index in [1.807, 2.05) is 31.2 Å². The number of nitrogens with one attached hydrogen (secondary N) is 2. The molecule has 32 heavy (non-hydrogen) atoms. The number of ether oxygens (including phenoxy) is 1. The fourth-order valence-electron chi connectivity index (χ4n) is 2.87. The molecule has 0 saturated heterocycles. The summed E-state index contributed by atoms with van der Waals surface area (Å²) < 4.78 is 32.9. The van der Waals surface area contributed by atoms with Crippen LogP contribution in [0.4, 0.5) is 11.6 Å². The lowest BCUT2D eigenvalue weighted by Crippen LogP contribution is -2.16. The van der Waals surface area contributed by atoms with Crippen molar-refractivity contribution in [3.05, 3.63) is 77.6 Å². The molecule has 8 nitrogen and oxygen atoms in total. The van der Waals surface area contributed by atoms with Crippen LogP contribution in [-0.4, -0.2) is 30.9 Å². The number of aromatic nitrogens is 2. The molecular weight excluding hydrogens is 428 g/mol. The maximum absolute atomic E-state index is 12.6. The highest BCUT2D eigenvalue weighted by Gasteiger charge is 2.16. The van der Waals surface area contributed by atoms with E-state index < -0.39 is 10.0 Å². The fraction of sp³-hybridized carbons (Fsp3) is 0.174. The summed E-state index contributed by atoms with van der Waals surface area (Å²) in [6.07, 6.45) is 3.08. The third kappa shape index (κ3) is 6.39. The maximum atomic E-state index is 12.6. The average molecular weight is 453 g/mol. The van der Waals surface area contributed by atoms with Gasteiger partial charge in [-0.1, -0.05) is 12.1 Å². The molecule has 0 aliphatic rings. The number of carbonyl (C=O) groups excluding carboxylic acids is 1. The minimum atomic E-state index is -3.86. The van der Waals surface area contributed by atoms with Crippen molar-refractivity contribution in [2.75, 3.05) is 16.6 Å². The molecule has 1 aromatic heterocycles. The number of hydrogen-bond acceptors (Lipinski definition) is 6.